The maximum absolute atomic E-state index is 11.2. The molecule has 1 aromatic heterocycles. The van der Waals surface area contributed by atoms with Gasteiger partial charge in [-0.2, -0.15) is 0 Å². The highest BCUT2D eigenvalue weighted by Gasteiger charge is 2.34. The lowest BCUT2D eigenvalue weighted by Gasteiger charge is -2.13. The van der Waals surface area contributed by atoms with E-state index in [2.05, 4.69) is 41.5 Å². The molecule has 1 saturated heterocycles. The van der Waals surface area contributed by atoms with E-state index in [0.29, 0.717) is 6.54 Å². The Morgan fingerprint density at radius 2 is 2.09 bits per heavy atom. The Kier molecular flexibility index (Phi) is 4.78. The van der Waals surface area contributed by atoms with Crippen molar-refractivity contribution < 1.29 is 9.90 Å². The summed E-state index contributed by atoms with van der Waals surface area (Å²) in [5.41, 5.74) is 3.51. The predicted molar refractivity (Wildman–Crippen MR) is 92.5 cm³/mol. The molecule has 2 heterocycles. The summed E-state index contributed by atoms with van der Waals surface area (Å²) in [4.78, 5) is 18.1. The van der Waals surface area contributed by atoms with Crippen LogP contribution in [0.2, 0.25) is 0 Å². The van der Waals surface area contributed by atoms with Crippen molar-refractivity contribution in [2.24, 2.45) is 11.8 Å². The number of likely N-dealkylation sites (tertiary alicyclic amines) is 1. The molecule has 2 atom stereocenters. The van der Waals surface area contributed by atoms with Gasteiger partial charge in [0.2, 0.25) is 0 Å². The van der Waals surface area contributed by atoms with Crippen molar-refractivity contribution in [1.82, 2.24) is 9.88 Å². The highest BCUT2D eigenvalue weighted by Crippen LogP contribution is 2.28. The van der Waals surface area contributed by atoms with Gasteiger partial charge in [-0.1, -0.05) is 38.1 Å². The van der Waals surface area contributed by atoms with E-state index < -0.39 is 5.97 Å². The molecule has 122 valence electrons. The minimum Gasteiger partial charge on any atom is -0.481 e. The topological polar surface area (TPSA) is 53.4 Å². The molecule has 1 aliphatic rings. The van der Waals surface area contributed by atoms with Gasteiger partial charge in [-0.3, -0.25) is 9.69 Å². The Hall–Kier alpha value is -1.72. The number of aryl methyl sites for hydroxylation is 1. The van der Waals surface area contributed by atoms with E-state index in [1.165, 1.54) is 5.56 Å². The average Bonchev–Trinajstić information content (AvgIpc) is 3.14. The van der Waals surface area contributed by atoms with Gasteiger partial charge in [-0.25, -0.2) is 4.98 Å². The van der Waals surface area contributed by atoms with Gasteiger partial charge in [0.25, 0.3) is 0 Å². The summed E-state index contributed by atoms with van der Waals surface area (Å²) in [6.07, 6.45) is 1.04. The molecule has 1 fully saturated rings. The third kappa shape index (κ3) is 3.62. The molecule has 23 heavy (non-hydrogen) atoms. The number of rotatable bonds is 5. The largest absolute Gasteiger partial charge is 0.481 e. The highest BCUT2D eigenvalue weighted by molar-refractivity contribution is 7.13. The molecule has 0 saturated carbocycles. The zero-order valence-corrected chi connectivity index (χ0v) is 14.3. The number of hydrogen-bond donors (Lipinski definition) is 1. The fourth-order valence-corrected chi connectivity index (χ4v) is 3.96. The quantitative estimate of drug-likeness (QED) is 0.911. The second-order valence-electron chi connectivity index (χ2n) is 6.31. The van der Waals surface area contributed by atoms with Gasteiger partial charge in [0.15, 0.2) is 0 Å². The van der Waals surface area contributed by atoms with Crippen LogP contribution in [0.4, 0.5) is 0 Å². The van der Waals surface area contributed by atoms with Crippen molar-refractivity contribution in [1.29, 1.82) is 0 Å². The van der Waals surface area contributed by atoms with E-state index in [1.54, 1.807) is 11.3 Å². The maximum atomic E-state index is 11.2. The Morgan fingerprint density at radius 3 is 2.70 bits per heavy atom. The molecule has 1 aromatic carbocycles. The minimum atomic E-state index is -0.685. The first-order valence-electron chi connectivity index (χ1n) is 8.05. The Bertz CT molecular complexity index is 681. The first kappa shape index (κ1) is 16.1. The van der Waals surface area contributed by atoms with Gasteiger partial charge in [-0.05, 0) is 17.9 Å². The van der Waals surface area contributed by atoms with Crippen molar-refractivity contribution in [3.8, 4) is 10.6 Å². The molecule has 2 aromatic rings. The lowest BCUT2D eigenvalue weighted by atomic mass is 9.99. The summed E-state index contributed by atoms with van der Waals surface area (Å²) >= 11 is 1.65. The van der Waals surface area contributed by atoms with E-state index in [-0.39, 0.29) is 11.8 Å². The van der Waals surface area contributed by atoms with Crippen LogP contribution >= 0.6 is 11.3 Å². The monoisotopic (exact) mass is 330 g/mol. The van der Waals surface area contributed by atoms with E-state index in [1.807, 2.05) is 6.92 Å². The van der Waals surface area contributed by atoms with Gasteiger partial charge in [0.1, 0.15) is 5.01 Å². The summed E-state index contributed by atoms with van der Waals surface area (Å²) in [7, 11) is 0. The van der Waals surface area contributed by atoms with Crippen molar-refractivity contribution in [3.63, 3.8) is 0 Å². The second kappa shape index (κ2) is 6.81. The highest BCUT2D eigenvalue weighted by atomic mass is 32.1. The van der Waals surface area contributed by atoms with Crippen LogP contribution in [-0.2, 0) is 17.8 Å². The van der Waals surface area contributed by atoms with Crippen LogP contribution in [0.1, 0.15) is 25.1 Å². The molecule has 4 nitrogen and oxygen atoms in total. The minimum absolute atomic E-state index is 0.201. The fraction of sp³-hybridized carbons (Fsp3) is 0.444. The van der Waals surface area contributed by atoms with Gasteiger partial charge >= 0.3 is 5.97 Å². The lowest BCUT2D eigenvalue weighted by molar-refractivity contribution is -0.142. The molecule has 0 bridgehead atoms. The summed E-state index contributed by atoms with van der Waals surface area (Å²) < 4.78 is 0. The molecule has 0 aliphatic carbocycles. The summed E-state index contributed by atoms with van der Waals surface area (Å²) in [6, 6.07) is 8.55. The van der Waals surface area contributed by atoms with Crippen molar-refractivity contribution in [3.05, 3.63) is 40.9 Å². The van der Waals surface area contributed by atoms with Crippen LogP contribution in [0.3, 0.4) is 0 Å². The molecule has 0 radical (unpaired) electrons. The molecule has 1 aliphatic heterocycles. The van der Waals surface area contributed by atoms with Gasteiger partial charge in [-0.15, -0.1) is 11.3 Å². The number of carboxylic acid groups (broad SMARTS) is 1. The number of aliphatic carboxylic acids is 1. The van der Waals surface area contributed by atoms with Crippen molar-refractivity contribution >= 4 is 17.3 Å². The number of carboxylic acids is 1. The number of nitrogens with zero attached hydrogens (tertiary/aromatic N) is 2. The van der Waals surface area contributed by atoms with Gasteiger partial charge < -0.3 is 5.11 Å². The van der Waals surface area contributed by atoms with Crippen LogP contribution in [-0.4, -0.2) is 34.0 Å². The van der Waals surface area contributed by atoms with Crippen LogP contribution in [0.15, 0.2) is 29.6 Å². The molecule has 1 N–H and O–H groups in total. The Balaban J connectivity index is 1.66. The second-order valence-corrected chi connectivity index (χ2v) is 7.17. The van der Waals surface area contributed by atoms with Crippen LogP contribution in [0, 0.1) is 11.8 Å². The summed E-state index contributed by atoms with van der Waals surface area (Å²) in [5.74, 6) is -0.739. The normalized spacial score (nSPS) is 21.7. The van der Waals surface area contributed by atoms with E-state index in [0.717, 1.165) is 35.8 Å². The van der Waals surface area contributed by atoms with E-state index >= 15 is 0 Å². The fourth-order valence-electron chi connectivity index (χ4n) is 3.14. The van der Waals surface area contributed by atoms with Crippen LogP contribution in [0.5, 0.6) is 0 Å². The number of aromatic nitrogens is 1. The van der Waals surface area contributed by atoms with Gasteiger partial charge in [0.05, 0.1) is 11.6 Å². The molecule has 0 spiro atoms. The smallest absolute Gasteiger partial charge is 0.308 e. The first-order chi connectivity index (χ1) is 11.1. The molecular formula is C18H22N2O2S. The zero-order valence-electron chi connectivity index (χ0n) is 13.5. The lowest BCUT2D eigenvalue weighted by Crippen LogP contribution is -2.23. The third-order valence-corrected chi connectivity index (χ3v) is 5.49. The van der Waals surface area contributed by atoms with E-state index in [4.69, 9.17) is 4.98 Å². The molecular weight excluding hydrogens is 308 g/mol. The number of hydrogen-bond acceptors (Lipinski definition) is 4. The number of benzene rings is 1. The SMILES string of the molecule is CCc1ccc(-c2nc(CN3C[C@@H](C)[C@H](C(=O)O)C3)cs2)cc1. The molecule has 0 amide bonds. The van der Waals surface area contributed by atoms with Crippen molar-refractivity contribution in [2.45, 2.75) is 26.8 Å². The van der Waals surface area contributed by atoms with E-state index in [9.17, 15) is 9.90 Å². The van der Waals surface area contributed by atoms with Crippen molar-refractivity contribution in [2.75, 3.05) is 13.1 Å². The first-order valence-corrected chi connectivity index (χ1v) is 8.93. The van der Waals surface area contributed by atoms with Crippen LogP contribution < -0.4 is 0 Å². The molecule has 0 unspecified atom stereocenters. The summed E-state index contributed by atoms with van der Waals surface area (Å²) in [6.45, 7) is 6.35. The Labute approximate surface area is 140 Å². The molecule has 3 rings (SSSR count). The average molecular weight is 330 g/mol. The zero-order chi connectivity index (χ0) is 16.4. The summed E-state index contributed by atoms with van der Waals surface area (Å²) in [5, 5.41) is 12.3. The number of thiazole rings is 1. The molecule has 5 heteroatoms. The number of carbonyl (C=O) groups is 1. The predicted octanol–water partition coefficient (Wildman–Crippen LogP) is 3.53. The standard InChI is InChI=1S/C18H22N2O2S/c1-3-13-4-6-14(7-5-13)17-19-15(11-23-17)9-20-8-12(2)16(10-20)18(21)22/h4-7,11-12,16H,3,8-10H2,1-2H3,(H,21,22)/t12-,16-/m1/s1. The third-order valence-electron chi connectivity index (χ3n) is 4.55. The van der Waals surface area contributed by atoms with Crippen LogP contribution in [0.25, 0.3) is 10.6 Å². The van der Waals surface area contributed by atoms with Gasteiger partial charge in [0, 0.05) is 30.6 Å². The Morgan fingerprint density at radius 1 is 1.35 bits per heavy atom. The maximum Gasteiger partial charge on any atom is 0.308 e.